The lowest BCUT2D eigenvalue weighted by atomic mass is 10.1. The van der Waals surface area contributed by atoms with Gasteiger partial charge in [-0.15, -0.1) is 11.3 Å². The molecular formula is C24H21ClN6O3S. The lowest BCUT2D eigenvalue weighted by Crippen LogP contribution is -2.20. The van der Waals surface area contributed by atoms with Gasteiger partial charge in [0.15, 0.2) is 5.69 Å². The third kappa shape index (κ3) is 3.84. The monoisotopic (exact) mass is 508 g/mol. The maximum absolute atomic E-state index is 13.3. The molecule has 0 aliphatic rings. The molecule has 4 heterocycles. The Hall–Kier alpha value is -3.76. The Labute approximate surface area is 208 Å². The predicted molar refractivity (Wildman–Crippen MR) is 138 cm³/mol. The largest absolute Gasteiger partial charge is 0.476 e. The first-order valence-electron chi connectivity index (χ1n) is 10.7. The highest BCUT2D eigenvalue weighted by molar-refractivity contribution is 7.19. The van der Waals surface area contributed by atoms with Gasteiger partial charge in [-0.2, -0.15) is 5.10 Å². The van der Waals surface area contributed by atoms with Crippen molar-refractivity contribution < 1.29 is 9.90 Å². The molecule has 0 saturated heterocycles. The van der Waals surface area contributed by atoms with Crippen LogP contribution in [-0.2, 0) is 14.1 Å². The molecule has 2 N–H and O–H groups in total. The van der Waals surface area contributed by atoms with Crippen LogP contribution in [0, 0.1) is 6.92 Å². The zero-order valence-electron chi connectivity index (χ0n) is 19.3. The summed E-state index contributed by atoms with van der Waals surface area (Å²) in [6, 6.07) is 8.62. The number of halogens is 1. The number of aromatic nitrogens is 5. The molecule has 35 heavy (non-hydrogen) atoms. The molecule has 4 aromatic heterocycles. The van der Waals surface area contributed by atoms with Crippen LogP contribution in [0.4, 0.5) is 5.69 Å². The summed E-state index contributed by atoms with van der Waals surface area (Å²) < 4.78 is 3.90. The topological polar surface area (TPSA) is 115 Å². The molecule has 5 aromatic rings. The molecule has 0 radical (unpaired) electrons. The van der Waals surface area contributed by atoms with Crippen LogP contribution in [0.5, 0.6) is 0 Å². The molecule has 0 bridgehead atoms. The number of nitrogens with zero attached hydrogens (tertiary/aromatic N) is 5. The summed E-state index contributed by atoms with van der Waals surface area (Å²) in [7, 11) is 3.59. The van der Waals surface area contributed by atoms with Gasteiger partial charge in [0.2, 0.25) is 0 Å². The van der Waals surface area contributed by atoms with E-state index >= 15 is 0 Å². The molecule has 0 aliphatic heterocycles. The minimum atomic E-state index is -1.19. The molecule has 1 atom stereocenters. The Morgan fingerprint density at radius 2 is 1.97 bits per heavy atom. The number of anilines is 1. The minimum Gasteiger partial charge on any atom is -0.476 e. The number of benzene rings is 1. The van der Waals surface area contributed by atoms with Crippen molar-refractivity contribution in [2.75, 3.05) is 5.32 Å². The van der Waals surface area contributed by atoms with Crippen LogP contribution in [0.2, 0.25) is 5.15 Å². The van der Waals surface area contributed by atoms with Crippen LogP contribution in [0.15, 0.2) is 41.3 Å². The predicted octanol–water partition coefficient (Wildman–Crippen LogP) is 4.78. The minimum absolute atomic E-state index is 0.0955. The lowest BCUT2D eigenvalue weighted by Gasteiger charge is -2.17. The lowest BCUT2D eigenvalue weighted by molar-refractivity contribution is 0.0691. The van der Waals surface area contributed by atoms with E-state index in [-0.39, 0.29) is 22.4 Å². The molecule has 9 nitrogen and oxygen atoms in total. The van der Waals surface area contributed by atoms with Crippen LogP contribution in [0.25, 0.3) is 32.5 Å². The number of rotatable bonds is 5. The second-order valence-corrected chi connectivity index (χ2v) is 9.90. The van der Waals surface area contributed by atoms with Crippen LogP contribution in [0.3, 0.4) is 0 Å². The Morgan fingerprint density at radius 3 is 2.71 bits per heavy atom. The molecular weight excluding hydrogens is 488 g/mol. The first-order chi connectivity index (χ1) is 16.7. The van der Waals surface area contributed by atoms with E-state index in [0.717, 1.165) is 26.9 Å². The number of thiophene rings is 1. The van der Waals surface area contributed by atoms with Gasteiger partial charge in [-0.3, -0.25) is 14.0 Å². The van der Waals surface area contributed by atoms with Gasteiger partial charge in [0.05, 0.1) is 29.0 Å². The highest BCUT2D eigenvalue weighted by Crippen LogP contribution is 2.35. The number of fused-ring (bicyclic) bond motifs is 2. The summed E-state index contributed by atoms with van der Waals surface area (Å²) in [5.74, 6) is -0.645. The number of aryl methyl sites for hydroxylation is 2. The molecule has 0 amide bonds. The van der Waals surface area contributed by atoms with E-state index in [2.05, 4.69) is 15.4 Å². The highest BCUT2D eigenvalue weighted by Gasteiger charge is 2.23. The number of hydrogen-bond acceptors (Lipinski definition) is 7. The zero-order valence-corrected chi connectivity index (χ0v) is 20.9. The van der Waals surface area contributed by atoms with Gasteiger partial charge >= 0.3 is 5.97 Å². The molecule has 1 aromatic carbocycles. The number of nitrogens with one attached hydrogen (secondary N) is 1. The quantitative estimate of drug-likeness (QED) is 0.328. The number of pyridine rings is 1. The van der Waals surface area contributed by atoms with E-state index in [4.69, 9.17) is 16.6 Å². The van der Waals surface area contributed by atoms with Crippen molar-refractivity contribution in [3.05, 3.63) is 68.2 Å². The molecule has 178 valence electrons. The van der Waals surface area contributed by atoms with Crippen molar-refractivity contribution in [1.82, 2.24) is 24.3 Å². The normalized spacial score (nSPS) is 12.4. The fourth-order valence-corrected chi connectivity index (χ4v) is 5.64. The Balaban J connectivity index is 1.64. The molecule has 0 spiro atoms. The van der Waals surface area contributed by atoms with Crippen LogP contribution in [0.1, 0.15) is 33.9 Å². The van der Waals surface area contributed by atoms with Gasteiger partial charge in [0, 0.05) is 35.5 Å². The van der Waals surface area contributed by atoms with Crippen molar-refractivity contribution >= 4 is 55.7 Å². The van der Waals surface area contributed by atoms with Gasteiger partial charge in [-0.25, -0.2) is 14.8 Å². The highest BCUT2D eigenvalue weighted by atomic mass is 35.5. The van der Waals surface area contributed by atoms with Crippen LogP contribution in [-0.4, -0.2) is 35.4 Å². The van der Waals surface area contributed by atoms with Crippen molar-refractivity contribution in [3.8, 4) is 11.4 Å². The second kappa shape index (κ2) is 8.47. The molecule has 0 fully saturated rings. The van der Waals surface area contributed by atoms with Crippen molar-refractivity contribution in [3.63, 3.8) is 0 Å². The van der Waals surface area contributed by atoms with Gasteiger partial charge in [-0.05, 0) is 44.2 Å². The molecule has 11 heteroatoms. The number of carboxylic acids is 1. The number of carbonyl (C=O) groups is 1. The van der Waals surface area contributed by atoms with Gasteiger partial charge in [0.25, 0.3) is 5.56 Å². The van der Waals surface area contributed by atoms with E-state index in [0.29, 0.717) is 21.7 Å². The van der Waals surface area contributed by atoms with E-state index in [1.54, 1.807) is 28.6 Å². The molecule has 0 aliphatic carbocycles. The van der Waals surface area contributed by atoms with Crippen molar-refractivity contribution in [2.45, 2.75) is 19.9 Å². The van der Waals surface area contributed by atoms with E-state index < -0.39 is 5.97 Å². The Kier molecular flexibility index (Phi) is 5.57. The summed E-state index contributed by atoms with van der Waals surface area (Å²) in [4.78, 5) is 34.8. The maximum Gasteiger partial charge on any atom is 0.356 e. The average Bonchev–Trinajstić information content (AvgIpc) is 3.36. The molecule has 1 unspecified atom stereocenters. The van der Waals surface area contributed by atoms with Crippen LogP contribution < -0.4 is 10.9 Å². The van der Waals surface area contributed by atoms with Crippen molar-refractivity contribution in [2.24, 2.45) is 14.1 Å². The molecule has 5 rings (SSSR count). The second-order valence-electron chi connectivity index (χ2n) is 8.29. The fourth-order valence-electron chi connectivity index (χ4n) is 4.32. The summed E-state index contributed by atoms with van der Waals surface area (Å²) >= 11 is 7.27. The third-order valence-corrected chi connectivity index (χ3v) is 7.32. The van der Waals surface area contributed by atoms with Crippen molar-refractivity contribution in [1.29, 1.82) is 0 Å². The Morgan fingerprint density at radius 1 is 1.20 bits per heavy atom. The SMILES string of the molecule is Cc1sc2c(=O)n(C)c(-c3ccc4c(cnn4C)c3)nc2c1C(C)Nc1ccc(Cl)nc1C(=O)O. The fraction of sp³-hybridized carbons (Fsp3) is 0.208. The first-order valence-corrected chi connectivity index (χ1v) is 11.9. The molecule has 0 saturated carbocycles. The summed E-state index contributed by atoms with van der Waals surface area (Å²) in [5, 5.41) is 18.1. The first kappa shape index (κ1) is 23.0. The number of aromatic carboxylic acids is 1. The number of hydrogen-bond donors (Lipinski definition) is 2. The summed E-state index contributed by atoms with van der Waals surface area (Å²) in [6.45, 7) is 3.83. The van der Waals surface area contributed by atoms with Gasteiger partial charge in [0.1, 0.15) is 15.7 Å². The van der Waals surface area contributed by atoms with Crippen LogP contribution >= 0.6 is 22.9 Å². The summed E-state index contributed by atoms with van der Waals surface area (Å²) in [6.07, 6.45) is 1.78. The standard InChI is InChI=1S/C24H21ClN6O3S/c1-11(27-15-6-8-17(25)28-19(15)24(33)34)18-12(2)35-21-20(18)29-22(30(3)23(21)32)13-5-7-16-14(9-13)10-26-31(16)4/h5-11,27H,1-4H3,(H,33,34). The van der Waals surface area contributed by atoms with E-state index in [9.17, 15) is 14.7 Å². The Bertz CT molecular complexity index is 1700. The smallest absolute Gasteiger partial charge is 0.356 e. The van der Waals surface area contributed by atoms with Gasteiger partial charge in [-0.1, -0.05) is 11.6 Å². The average molecular weight is 509 g/mol. The van der Waals surface area contributed by atoms with E-state index in [1.165, 1.54) is 17.4 Å². The van der Waals surface area contributed by atoms with Gasteiger partial charge < -0.3 is 10.4 Å². The maximum atomic E-state index is 13.3. The summed E-state index contributed by atoms with van der Waals surface area (Å²) in [5.41, 5.74) is 3.23. The third-order valence-electron chi connectivity index (χ3n) is 6.01. The number of carboxylic acid groups (broad SMARTS) is 1. The van der Waals surface area contributed by atoms with E-state index in [1.807, 2.05) is 39.1 Å². The zero-order chi connectivity index (χ0) is 25.0.